The fraction of sp³-hybridized carbons (Fsp3) is 0.435. The van der Waals surface area contributed by atoms with E-state index in [-0.39, 0.29) is 0 Å². The summed E-state index contributed by atoms with van der Waals surface area (Å²) in [6, 6.07) is 14.5. The second-order valence-corrected chi connectivity index (χ2v) is 7.95. The van der Waals surface area contributed by atoms with Crippen LogP contribution in [-0.2, 0) is 4.74 Å². The number of nitrogens with zero attached hydrogens (tertiary/aromatic N) is 3. The average molecular weight is 359 g/mol. The van der Waals surface area contributed by atoms with Crippen LogP contribution < -0.4 is 4.90 Å². The lowest BCUT2D eigenvalue weighted by molar-refractivity contribution is -0.0850. The van der Waals surface area contributed by atoms with Crippen molar-refractivity contribution in [2.24, 2.45) is 0 Å². The number of fused-ring (bicyclic) bond motifs is 2. The lowest BCUT2D eigenvalue weighted by Crippen LogP contribution is -2.62. The van der Waals surface area contributed by atoms with Crippen LogP contribution in [0.15, 0.2) is 42.6 Å². The lowest BCUT2D eigenvalue weighted by atomic mass is 10.1. The average Bonchev–Trinajstić information content (AvgIpc) is 2.89. The highest BCUT2D eigenvalue weighted by atomic mass is 16.5. The van der Waals surface area contributed by atoms with Crippen LogP contribution in [0.2, 0.25) is 0 Å². The van der Waals surface area contributed by atoms with Crippen molar-refractivity contribution < 1.29 is 4.74 Å². The molecule has 2 atom stereocenters. The molecule has 2 aromatic rings. The maximum Gasteiger partial charge on any atom is 0.128 e. The summed E-state index contributed by atoms with van der Waals surface area (Å²) in [5.74, 6) is 7.53. The summed E-state index contributed by atoms with van der Waals surface area (Å²) >= 11 is 0. The van der Waals surface area contributed by atoms with Gasteiger partial charge in [0.15, 0.2) is 0 Å². The highest BCUT2D eigenvalue weighted by Gasteiger charge is 2.45. The van der Waals surface area contributed by atoms with Crippen molar-refractivity contribution in [3.63, 3.8) is 0 Å². The number of ether oxygens (including phenoxy) is 1. The van der Waals surface area contributed by atoms with Crippen LogP contribution in [0.25, 0.3) is 0 Å². The third-order valence-electron chi connectivity index (χ3n) is 6.06. The fourth-order valence-electron chi connectivity index (χ4n) is 4.54. The fourth-order valence-corrected chi connectivity index (χ4v) is 4.54. The molecule has 0 N–H and O–H groups in total. The second kappa shape index (κ2) is 6.99. The first-order valence-electron chi connectivity index (χ1n) is 9.91. The monoisotopic (exact) mass is 359 g/mol. The van der Waals surface area contributed by atoms with Crippen molar-refractivity contribution in [2.45, 2.75) is 37.9 Å². The molecule has 5 rings (SSSR count). The Bertz CT molecular complexity index is 847. The first kappa shape index (κ1) is 16.8. The van der Waals surface area contributed by atoms with Gasteiger partial charge >= 0.3 is 0 Å². The van der Waals surface area contributed by atoms with Gasteiger partial charge in [0.25, 0.3) is 0 Å². The number of hydrogen-bond acceptors (Lipinski definition) is 4. The molecule has 4 heterocycles. The zero-order chi connectivity index (χ0) is 18.2. The minimum atomic E-state index is 0.650. The lowest BCUT2D eigenvalue weighted by Gasteiger charge is -2.47. The maximum absolute atomic E-state index is 5.42. The number of aromatic nitrogens is 1. The van der Waals surface area contributed by atoms with Crippen molar-refractivity contribution in [1.29, 1.82) is 0 Å². The molecule has 1 aromatic carbocycles. The first-order valence-corrected chi connectivity index (χ1v) is 9.91. The van der Waals surface area contributed by atoms with E-state index in [2.05, 4.69) is 65.0 Å². The first-order chi connectivity index (χ1) is 13.3. The summed E-state index contributed by atoms with van der Waals surface area (Å²) in [7, 11) is 0. The van der Waals surface area contributed by atoms with Gasteiger partial charge in [-0.15, -0.1) is 0 Å². The number of piperazine rings is 1. The van der Waals surface area contributed by atoms with Gasteiger partial charge in [-0.05, 0) is 44.0 Å². The van der Waals surface area contributed by atoms with Gasteiger partial charge in [0.1, 0.15) is 5.82 Å². The molecule has 3 aliphatic heterocycles. The van der Waals surface area contributed by atoms with Crippen molar-refractivity contribution in [2.75, 3.05) is 31.2 Å². The summed E-state index contributed by atoms with van der Waals surface area (Å²) < 4.78 is 5.42. The zero-order valence-electron chi connectivity index (χ0n) is 15.8. The van der Waals surface area contributed by atoms with E-state index < -0.39 is 0 Å². The number of pyridine rings is 1. The number of rotatable bonds is 2. The van der Waals surface area contributed by atoms with Gasteiger partial charge in [-0.2, -0.15) is 0 Å². The quantitative estimate of drug-likeness (QED) is 0.771. The predicted molar refractivity (Wildman–Crippen MR) is 107 cm³/mol. The van der Waals surface area contributed by atoms with Gasteiger partial charge in [-0.25, -0.2) is 4.98 Å². The highest BCUT2D eigenvalue weighted by molar-refractivity contribution is 5.47. The Morgan fingerprint density at radius 2 is 1.56 bits per heavy atom. The Balaban J connectivity index is 1.27. The molecule has 3 fully saturated rings. The molecule has 27 heavy (non-hydrogen) atoms. The number of hydrogen-bond donors (Lipinski definition) is 0. The molecule has 4 nitrogen and oxygen atoms in total. The molecular formula is C23H25N3O. The zero-order valence-corrected chi connectivity index (χ0v) is 15.8. The van der Waals surface area contributed by atoms with E-state index in [1.165, 1.54) is 18.4 Å². The van der Waals surface area contributed by atoms with E-state index in [1.807, 2.05) is 6.20 Å². The Labute approximate surface area is 161 Å². The molecule has 4 heteroatoms. The van der Waals surface area contributed by atoms with E-state index >= 15 is 0 Å². The molecule has 2 bridgehead atoms. The topological polar surface area (TPSA) is 28.6 Å². The summed E-state index contributed by atoms with van der Waals surface area (Å²) in [5, 5.41) is 0. The molecule has 3 saturated heterocycles. The Morgan fingerprint density at radius 3 is 2.15 bits per heavy atom. The number of benzene rings is 1. The molecule has 0 spiro atoms. The van der Waals surface area contributed by atoms with Gasteiger partial charge in [-0.1, -0.05) is 29.5 Å². The molecule has 0 radical (unpaired) electrons. The van der Waals surface area contributed by atoms with Gasteiger partial charge in [0.05, 0.1) is 19.3 Å². The van der Waals surface area contributed by atoms with E-state index in [0.717, 1.165) is 43.2 Å². The standard InChI is InChI=1S/C23H25N3O/c1-17-2-4-18(5-3-17)6-7-19-8-11-23(24-12-19)25-13-20-9-10-21(14-25)26(20)22-15-27-16-22/h2-5,8,11-12,20-22H,9-10,13-16H2,1H3. The third kappa shape index (κ3) is 3.34. The second-order valence-electron chi connectivity index (χ2n) is 7.95. The van der Waals surface area contributed by atoms with Crippen LogP contribution in [0.4, 0.5) is 5.82 Å². The van der Waals surface area contributed by atoms with Crippen molar-refractivity contribution >= 4 is 5.82 Å². The van der Waals surface area contributed by atoms with Crippen molar-refractivity contribution in [3.05, 3.63) is 59.3 Å². The molecule has 1 aromatic heterocycles. The summed E-state index contributed by atoms with van der Waals surface area (Å²) in [5.41, 5.74) is 3.26. The van der Waals surface area contributed by atoms with Gasteiger partial charge < -0.3 is 9.64 Å². The van der Waals surface area contributed by atoms with Crippen LogP contribution in [0.5, 0.6) is 0 Å². The molecule has 2 unspecified atom stereocenters. The van der Waals surface area contributed by atoms with Crippen LogP contribution >= 0.6 is 0 Å². The Morgan fingerprint density at radius 1 is 0.889 bits per heavy atom. The minimum absolute atomic E-state index is 0.650. The summed E-state index contributed by atoms with van der Waals surface area (Å²) in [6.07, 6.45) is 4.51. The highest BCUT2D eigenvalue weighted by Crippen LogP contribution is 2.35. The maximum atomic E-state index is 5.42. The van der Waals surface area contributed by atoms with Crippen LogP contribution in [0.3, 0.4) is 0 Å². The van der Waals surface area contributed by atoms with E-state index in [0.29, 0.717) is 18.1 Å². The van der Waals surface area contributed by atoms with E-state index in [1.54, 1.807) is 0 Å². The largest absolute Gasteiger partial charge is 0.378 e. The minimum Gasteiger partial charge on any atom is -0.378 e. The Kier molecular flexibility index (Phi) is 4.35. The SMILES string of the molecule is Cc1ccc(C#Cc2ccc(N3CC4CCC(C3)N4C3COC3)nc2)cc1. The van der Waals surface area contributed by atoms with Crippen LogP contribution in [0.1, 0.15) is 29.5 Å². The molecule has 0 aliphatic carbocycles. The smallest absolute Gasteiger partial charge is 0.128 e. The number of aryl methyl sites for hydroxylation is 1. The molecular weight excluding hydrogens is 334 g/mol. The Hall–Kier alpha value is -2.35. The van der Waals surface area contributed by atoms with Crippen LogP contribution in [-0.4, -0.2) is 54.3 Å². The van der Waals surface area contributed by atoms with Crippen molar-refractivity contribution in [1.82, 2.24) is 9.88 Å². The predicted octanol–water partition coefficient (Wildman–Crippen LogP) is 2.84. The summed E-state index contributed by atoms with van der Waals surface area (Å²) in [4.78, 5) is 9.89. The van der Waals surface area contributed by atoms with E-state index in [9.17, 15) is 0 Å². The van der Waals surface area contributed by atoms with Gasteiger partial charge in [0, 0.05) is 42.5 Å². The summed E-state index contributed by atoms with van der Waals surface area (Å²) in [6.45, 7) is 6.08. The molecule has 3 aliphatic rings. The normalized spacial score (nSPS) is 25.0. The molecule has 138 valence electrons. The van der Waals surface area contributed by atoms with Crippen LogP contribution in [0, 0.1) is 18.8 Å². The van der Waals surface area contributed by atoms with Gasteiger partial charge in [0.2, 0.25) is 0 Å². The van der Waals surface area contributed by atoms with Crippen molar-refractivity contribution in [3.8, 4) is 11.8 Å². The number of anilines is 1. The molecule has 0 amide bonds. The molecule has 0 saturated carbocycles. The van der Waals surface area contributed by atoms with E-state index in [4.69, 9.17) is 9.72 Å². The third-order valence-corrected chi connectivity index (χ3v) is 6.06. The van der Waals surface area contributed by atoms with Gasteiger partial charge in [-0.3, -0.25) is 4.90 Å².